The molecule has 0 spiro atoms. The van der Waals surface area contributed by atoms with Gasteiger partial charge >= 0.3 is 0 Å². The molecular formula is C14H22N4O. The van der Waals surface area contributed by atoms with Crippen LogP contribution in [-0.2, 0) is 0 Å². The quantitative estimate of drug-likeness (QED) is 0.840. The maximum absolute atomic E-state index is 5.96. The minimum atomic E-state index is -0.221. The zero-order valence-electron chi connectivity index (χ0n) is 11.5. The number of nitrogens with zero attached hydrogens (tertiary/aromatic N) is 3. The Morgan fingerprint density at radius 1 is 1.47 bits per heavy atom. The smallest absolute Gasteiger partial charge is 0.243 e. The summed E-state index contributed by atoms with van der Waals surface area (Å²) in [5.74, 6) is 1.82. The molecule has 2 N–H and O–H groups in total. The largest absolute Gasteiger partial charge is 0.338 e. The molecule has 0 aliphatic carbocycles. The molecule has 3 unspecified atom stereocenters. The molecule has 0 saturated carbocycles. The lowest BCUT2D eigenvalue weighted by atomic mass is 9.90. The number of nitrogens with two attached hydrogens (primary N) is 1. The summed E-state index contributed by atoms with van der Waals surface area (Å²) >= 11 is 0. The van der Waals surface area contributed by atoms with Crippen LogP contribution < -0.4 is 5.73 Å². The van der Waals surface area contributed by atoms with Crippen LogP contribution >= 0.6 is 0 Å². The molecule has 1 aromatic heterocycles. The molecule has 3 rings (SSSR count). The summed E-state index contributed by atoms with van der Waals surface area (Å²) < 4.78 is 5.30. The first-order valence-electron chi connectivity index (χ1n) is 7.11. The van der Waals surface area contributed by atoms with E-state index in [2.05, 4.69) is 28.7 Å². The predicted octanol–water partition coefficient (Wildman–Crippen LogP) is 1.99. The monoisotopic (exact) mass is 262 g/mol. The van der Waals surface area contributed by atoms with Gasteiger partial charge in [0.1, 0.15) is 0 Å². The van der Waals surface area contributed by atoms with Crippen molar-refractivity contribution in [2.75, 3.05) is 7.05 Å². The van der Waals surface area contributed by atoms with E-state index < -0.39 is 0 Å². The summed E-state index contributed by atoms with van der Waals surface area (Å²) in [6.45, 7) is 3.68. The van der Waals surface area contributed by atoms with Crippen LogP contribution in [0.2, 0.25) is 0 Å². The van der Waals surface area contributed by atoms with Crippen LogP contribution in [0, 0.1) is 0 Å². The van der Waals surface area contributed by atoms with E-state index in [-0.39, 0.29) is 6.04 Å². The van der Waals surface area contributed by atoms with Gasteiger partial charge in [0.15, 0.2) is 5.82 Å². The third-order valence-corrected chi connectivity index (χ3v) is 4.66. The number of rotatable bonds is 4. The van der Waals surface area contributed by atoms with Crippen LogP contribution in [0.15, 0.2) is 17.2 Å². The van der Waals surface area contributed by atoms with Crippen LogP contribution in [0.3, 0.4) is 0 Å². The van der Waals surface area contributed by atoms with Crippen LogP contribution in [0.25, 0.3) is 0 Å². The molecule has 5 heteroatoms. The third-order valence-electron chi connectivity index (χ3n) is 4.66. The van der Waals surface area contributed by atoms with Crippen molar-refractivity contribution in [3.8, 4) is 0 Å². The molecule has 2 aliphatic heterocycles. The number of hydrogen-bond donors (Lipinski definition) is 1. The van der Waals surface area contributed by atoms with Crippen LogP contribution in [0.1, 0.15) is 55.8 Å². The second-order valence-corrected chi connectivity index (χ2v) is 5.84. The summed E-state index contributed by atoms with van der Waals surface area (Å²) in [7, 11) is 2.24. The van der Waals surface area contributed by atoms with Gasteiger partial charge in [-0.15, -0.1) is 6.58 Å². The molecule has 3 atom stereocenters. The molecular weight excluding hydrogens is 240 g/mol. The van der Waals surface area contributed by atoms with Crippen LogP contribution in [-0.4, -0.2) is 34.2 Å². The lowest BCUT2D eigenvalue weighted by Gasteiger charge is -2.34. The van der Waals surface area contributed by atoms with Crippen LogP contribution in [0.4, 0.5) is 0 Å². The highest BCUT2D eigenvalue weighted by atomic mass is 16.5. The topological polar surface area (TPSA) is 68.2 Å². The fourth-order valence-electron chi connectivity index (χ4n) is 3.47. The van der Waals surface area contributed by atoms with Crippen LogP contribution in [0.5, 0.6) is 0 Å². The van der Waals surface area contributed by atoms with E-state index in [1.54, 1.807) is 6.08 Å². The number of piperidine rings is 1. The van der Waals surface area contributed by atoms with E-state index in [4.69, 9.17) is 10.3 Å². The van der Waals surface area contributed by atoms with Crippen molar-refractivity contribution in [3.05, 3.63) is 24.4 Å². The van der Waals surface area contributed by atoms with E-state index in [1.807, 2.05) is 0 Å². The number of aromatic nitrogens is 2. The summed E-state index contributed by atoms with van der Waals surface area (Å²) in [5.41, 5.74) is 5.96. The normalized spacial score (nSPS) is 32.4. The molecule has 0 aromatic carbocycles. The molecule has 19 heavy (non-hydrogen) atoms. The van der Waals surface area contributed by atoms with Gasteiger partial charge in [-0.2, -0.15) is 4.98 Å². The molecule has 0 amide bonds. The van der Waals surface area contributed by atoms with E-state index in [9.17, 15) is 0 Å². The maximum Gasteiger partial charge on any atom is 0.243 e. The van der Waals surface area contributed by atoms with Crippen molar-refractivity contribution in [1.29, 1.82) is 0 Å². The Morgan fingerprint density at radius 3 is 2.79 bits per heavy atom. The van der Waals surface area contributed by atoms with Crippen molar-refractivity contribution < 1.29 is 4.52 Å². The first-order chi connectivity index (χ1) is 9.19. The lowest BCUT2D eigenvalue weighted by molar-refractivity contribution is 0.157. The summed E-state index contributed by atoms with van der Waals surface area (Å²) in [4.78, 5) is 7.02. The molecule has 1 aromatic rings. The van der Waals surface area contributed by atoms with Crippen molar-refractivity contribution >= 4 is 0 Å². The van der Waals surface area contributed by atoms with Gasteiger partial charge in [-0.05, 0) is 39.2 Å². The lowest BCUT2D eigenvalue weighted by Crippen LogP contribution is -2.39. The van der Waals surface area contributed by atoms with E-state index in [1.165, 1.54) is 12.8 Å². The van der Waals surface area contributed by atoms with Crippen molar-refractivity contribution in [2.24, 2.45) is 5.73 Å². The minimum Gasteiger partial charge on any atom is -0.338 e. The van der Waals surface area contributed by atoms with Crippen molar-refractivity contribution in [3.63, 3.8) is 0 Å². The molecule has 3 heterocycles. The predicted molar refractivity (Wildman–Crippen MR) is 72.6 cm³/mol. The van der Waals surface area contributed by atoms with Gasteiger partial charge in [0.2, 0.25) is 5.89 Å². The fraction of sp³-hybridized carbons (Fsp3) is 0.714. The second-order valence-electron chi connectivity index (χ2n) is 5.84. The van der Waals surface area contributed by atoms with Gasteiger partial charge in [-0.25, -0.2) is 0 Å². The fourth-order valence-corrected chi connectivity index (χ4v) is 3.47. The summed E-state index contributed by atoms with van der Waals surface area (Å²) in [6.07, 6.45) is 7.34. The Morgan fingerprint density at radius 2 is 2.16 bits per heavy atom. The van der Waals surface area contributed by atoms with Gasteiger partial charge < -0.3 is 15.2 Å². The molecule has 2 saturated heterocycles. The van der Waals surface area contributed by atoms with Gasteiger partial charge in [0, 0.05) is 18.0 Å². The van der Waals surface area contributed by atoms with E-state index >= 15 is 0 Å². The summed E-state index contributed by atoms with van der Waals surface area (Å²) in [5, 5.41) is 4.15. The number of fused-ring (bicyclic) bond motifs is 2. The van der Waals surface area contributed by atoms with E-state index in [0.717, 1.165) is 18.7 Å². The number of hydrogen-bond acceptors (Lipinski definition) is 5. The molecule has 5 nitrogen and oxygen atoms in total. The van der Waals surface area contributed by atoms with Gasteiger partial charge in [0.05, 0.1) is 6.04 Å². The highest BCUT2D eigenvalue weighted by molar-refractivity contribution is 5.06. The van der Waals surface area contributed by atoms with Gasteiger partial charge in [0.25, 0.3) is 0 Å². The molecule has 2 fully saturated rings. The summed E-state index contributed by atoms with van der Waals surface area (Å²) in [6, 6.07) is 1.15. The zero-order valence-corrected chi connectivity index (χ0v) is 11.5. The SMILES string of the molecule is C=CCC(N)c1nc(C2CC3CCC(C2)N3C)no1. The first kappa shape index (κ1) is 12.8. The van der Waals surface area contributed by atoms with E-state index in [0.29, 0.717) is 30.3 Å². The average Bonchev–Trinajstić information content (AvgIpc) is 2.93. The highest BCUT2D eigenvalue weighted by Gasteiger charge is 2.40. The molecule has 0 radical (unpaired) electrons. The minimum absolute atomic E-state index is 0.221. The standard InChI is InChI=1S/C14H22N4O/c1-3-4-12(15)14-16-13(17-19-14)9-7-10-5-6-11(8-9)18(10)2/h3,9-12H,1,4-8,15H2,2H3. The third kappa shape index (κ3) is 2.32. The first-order valence-corrected chi connectivity index (χ1v) is 7.11. The Kier molecular flexibility index (Phi) is 3.41. The average molecular weight is 262 g/mol. The van der Waals surface area contributed by atoms with Gasteiger partial charge in [-0.1, -0.05) is 11.2 Å². The molecule has 2 aliphatic rings. The van der Waals surface area contributed by atoms with Crippen molar-refractivity contribution in [2.45, 2.75) is 56.1 Å². The molecule has 104 valence electrons. The maximum atomic E-state index is 5.96. The molecule has 2 bridgehead atoms. The highest BCUT2D eigenvalue weighted by Crippen LogP contribution is 2.41. The Labute approximate surface area is 113 Å². The van der Waals surface area contributed by atoms with Gasteiger partial charge in [-0.3, -0.25) is 0 Å². The Hall–Kier alpha value is -1.20. The Bertz CT molecular complexity index is 444. The van der Waals surface area contributed by atoms with Crippen molar-refractivity contribution in [1.82, 2.24) is 15.0 Å². The Balaban J connectivity index is 1.72. The zero-order chi connectivity index (χ0) is 13.4. The second kappa shape index (κ2) is 5.06.